The van der Waals surface area contributed by atoms with Gasteiger partial charge in [-0.15, -0.1) is 0 Å². The predicted octanol–water partition coefficient (Wildman–Crippen LogP) is 0.499. The van der Waals surface area contributed by atoms with E-state index in [0.717, 1.165) is 16.7 Å². The van der Waals surface area contributed by atoms with Gasteiger partial charge in [0, 0.05) is 0 Å². The molecule has 0 saturated carbocycles. The Morgan fingerprint density at radius 1 is 1.04 bits per heavy atom. The minimum absolute atomic E-state index is 0.0779. The fourth-order valence-electron chi connectivity index (χ4n) is 2.10. The molecule has 0 unspecified atom stereocenters. The Kier molecular flexibility index (Phi) is 5.78. The lowest BCUT2D eigenvalue weighted by molar-refractivity contribution is -0.724. The molecule has 0 heterocycles. The minimum atomic E-state index is -0.461. The molecule has 0 aliphatic carbocycles. The quantitative estimate of drug-likeness (QED) is 0.349. The fourth-order valence-corrected chi connectivity index (χ4v) is 2.10. The molecule has 2 aromatic rings. The molecule has 24 heavy (non-hydrogen) atoms. The molecule has 0 bridgehead atoms. The maximum atomic E-state index is 11.9. The van der Waals surface area contributed by atoms with E-state index in [-0.39, 0.29) is 12.3 Å². The van der Waals surface area contributed by atoms with Crippen molar-refractivity contribution in [3.63, 3.8) is 0 Å². The summed E-state index contributed by atoms with van der Waals surface area (Å²) in [5.41, 5.74) is 8.48. The SMILES string of the molecule is COc1ccc(CC(=O)O[NH+]=C(N)c2ccc(C)cc2)cc1OC. The zero-order chi connectivity index (χ0) is 17.5. The molecule has 2 aromatic carbocycles. The average molecular weight is 329 g/mol. The molecule has 0 saturated heterocycles. The van der Waals surface area contributed by atoms with Crippen LogP contribution in [0.3, 0.4) is 0 Å². The van der Waals surface area contributed by atoms with Gasteiger partial charge in [0.15, 0.2) is 11.5 Å². The minimum Gasteiger partial charge on any atom is -0.493 e. The zero-order valence-corrected chi connectivity index (χ0v) is 14.0. The molecule has 126 valence electrons. The number of hydrogen-bond acceptors (Lipinski definition) is 4. The van der Waals surface area contributed by atoms with Gasteiger partial charge in [-0.25, -0.2) is 4.79 Å². The fraction of sp³-hybridized carbons (Fsp3) is 0.222. The molecule has 0 radical (unpaired) electrons. The third-order valence-electron chi connectivity index (χ3n) is 3.43. The summed E-state index contributed by atoms with van der Waals surface area (Å²) in [6, 6.07) is 12.8. The van der Waals surface area contributed by atoms with E-state index in [1.807, 2.05) is 31.2 Å². The highest BCUT2D eigenvalue weighted by molar-refractivity contribution is 5.92. The second-order valence-electron chi connectivity index (χ2n) is 5.22. The number of benzene rings is 2. The lowest BCUT2D eigenvalue weighted by Crippen LogP contribution is -2.75. The first-order valence-electron chi connectivity index (χ1n) is 7.39. The number of methoxy groups -OCH3 is 2. The number of nitrogens with one attached hydrogen (secondary N) is 1. The molecule has 0 atom stereocenters. The Morgan fingerprint density at radius 3 is 2.33 bits per heavy atom. The second kappa shape index (κ2) is 8.01. The molecule has 0 aromatic heterocycles. The lowest BCUT2D eigenvalue weighted by atomic mass is 10.1. The van der Waals surface area contributed by atoms with E-state index >= 15 is 0 Å². The molecule has 0 aliphatic heterocycles. The van der Waals surface area contributed by atoms with E-state index in [1.54, 1.807) is 32.4 Å². The average Bonchev–Trinajstić information content (AvgIpc) is 2.60. The molecule has 2 rings (SSSR count). The van der Waals surface area contributed by atoms with E-state index in [2.05, 4.69) is 5.16 Å². The van der Waals surface area contributed by atoms with E-state index in [0.29, 0.717) is 11.5 Å². The van der Waals surface area contributed by atoms with Crippen molar-refractivity contribution in [3.8, 4) is 11.5 Å². The molecule has 6 nitrogen and oxygen atoms in total. The van der Waals surface area contributed by atoms with Gasteiger partial charge in [0.1, 0.15) is 0 Å². The summed E-state index contributed by atoms with van der Waals surface area (Å²) in [5.74, 6) is 0.971. The number of carbonyl (C=O) groups is 1. The number of nitrogens with two attached hydrogens (primary N) is 1. The second-order valence-corrected chi connectivity index (χ2v) is 5.22. The maximum Gasteiger partial charge on any atom is 0.361 e. The molecular weight excluding hydrogens is 308 g/mol. The van der Waals surface area contributed by atoms with Crippen molar-refractivity contribution in [3.05, 3.63) is 59.2 Å². The van der Waals surface area contributed by atoms with Crippen molar-refractivity contribution in [2.24, 2.45) is 5.73 Å². The third-order valence-corrected chi connectivity index (χ3v) is 3.43. The van der Waals surface area contributed by atoms with E-state index in [9.17, 15) is 4.79 Å². The number of carbonyl (C=O) groups excluding carboxylic acids is 1. The molecule has 0 spiro atoms. The van der Waals surface area contributed by atoms with Crippen molar-refractivity contribution in [1.82, 2.24) is 0 Å². The molecular formula is C18H21N2O4+. The van der Waals surface area contributed by atoms with Crippen molar-refractivity contribution < 1.29 is 24.3 Å². The number of hydrogen-bond donors (Lipinski definition) is 2. The van der Waals surface area contributed by atoms with Crippen LogP contribution in [0.15, 0.2) is 42.5 Å². The summed E-state index contributed by atoms with van der Waals surface area (Å²) < 4.78 is 10.4. The van der Waals surface area contributed by atoms with Gasteiger partial charge < -0.3 is 9.47 Å². The summed E-state index contributed by atoms with van der Waals surface area (Å²) >= 11 is 0. The van der Waals surface area contributed by atoms with Crippen LogP contribution in [0.25, 0.3) is 0 Å². The van der Waals surface area contributed by atoms with Crippen molar-refractivity contribution in [2.75, 3.05) is 14.2 Å². The van der Waals surface area contributed by atoms with Gasteiger partial charge in [0.25, 0.3) is 0 Å². The predicted molar refractivity (Wildman–Crippen MR) is 89.8 cm³/mol. The van der Waals surface area contributed by atoms with Gasteiger partial charge in [0.05, 0.1) is 26.2 Å². The maximum absolute atomic E-state index is 11.9. The van der Waals surface area contributed by atoms with Crippen molar-refractivity contribution in [2.45, 2.75) is 13.3 Å². The summed E-state index contributed by atoms with van der Waals surface area (Å²) in [6.45, 7) is 1.98. The number of rotatable bonds is 6. The smallest absolute Gasteiger partial charge is 0.361 e. The van der Waals surface area contributed by atoms with Gasteiger partial charge in [0.2, 0.25) is 0 Å². The highest BCUT2D eigenvalue weighted by atomic mass is 16.7. The Bertz CT molecular complexity index is 739. The highest BCUT2D eigenvalue weighted by Crippen LogP contribution is 2.27. The summed E-state index contributed by atoms with van der Waals surface area (Å²) in [7, 11) is 3.10. The van der Waals surface area contributed by atoms with Gasteiger partial charge in [-0.1, -0.05) is 28.9 Å². The topological polar surface area (TPSA) is 84.8 Å². The normalized spacial score (nSPS) is 11.0. The van der Waals surface area contributed by atoms with Crippen LogP contribution in [-0.2, 0) is 16.1 Å². The summed E-state index contributed by atoms with van der Waals surface area (Å²) in [5, 5.41) is 2.48. The van der Waals surface area contributed by atoms with Crippen LogP contribution in [0, 0.1) is 6.92 Å². The number of aryl methyl sites for hydroxylation is 1. The number of nitrogen functional groups attached to an aromatic ring is 1. The molecule has 0 amide bonds. The van der Waals surface area contributed by atoms with Crippen LogP contribution >= 0.6 is 0 Å². The Morgan fingerprint density at radius 2 is 1.71 bits per heavy atom. The third kappa shape index (κ3) is 4.49. The summed E-state index contributed by atoms with van der Waals surface area (Å²) in [6.07, 6.45) is 0.0779. The number of ether oxygens (including phenoxy) is 2. The van der Waals surface area contributed by atoms with Gasteiger partial charge in [-0.05, 0) is 36.8 Å². The first kappa shape index (κ1) is 17.3. The first-order valence-corrected chi connectivity index (χ1v) is 7.39. The monoisotopic (exact) mass is 329 g/mol. The largest absolute Gasteiger partial charge is 0.493 e. The van der Waals surface area contributed by atoms with Crippen LogP contribution in [0.5, 0.6) is 11.5 Å². The van der Waals surface area contributed by atoms with Gasteiger partial charge in [-0.2, -0.15) is 0 Å². The van der Waals surface area contributed by atoms with E-state index < -0.39 is 5.97 Å². The molecule has 0 fully saturated rings. The Labute approximate surface area is 140 Å². The highest BCUT2D eigenvalue weighted by Gasteiger charge is 2.11. The van der Waals surface area contributed by atoms with E-state index in [4.69, 9.17) is 20.0 Å². The number of amidine groups is 1. The van der Waals surface area contributed by atoms with Gasteiger partial charge >= 0.3 is 11.8 Å². The lowest BCUT2D eigenvalue weighted by Gasteiger charge is -2.08. The summed E-state index contributed by atoms with van der Waals surface area (Å²) in [4.78, 5) is 16.9. The molecule has 3 N–H and O–H groups in total. The van der Waals surface area contributed by atoms with Crippen LogP contribution in [0.4, 0.5) is 0 Å². The zero-order valence-electron chi connectivity index (χ0n) is 14.0. The van der Waals surface area contributed by atoms with Crippen LogP contribution in [-0.4, -0.2) is 26.0 Å². The standard InChI is InChI=1S/C18H20N2O4/c1-12-4-7-14(8-5-12)18(19)20-24-17(21)11-13-6-9-15(22-2)16(10-13)23-3/h4-10H,11H2,1-3H3,(H2,19,20)/p+1. The molecule has 6 heteroatoms. The Hall–Kier alpha value is -3.02. The molecule has 0 aliphatic rings. The van der Waals surface area contributed by atoms with Gasteiger partial charge in [-0.3, -0.25) is 10.6 Å². The first-order chi connectivity index (χ1) is 11.5. The van der Waals surface area contributed by atoms with Crippen molar-refractivity contribution in [1.29, 1.82) is 0 Å². The van der Waals surface area contributed by atoms with Crippen LogP contribution in [0.1, 0.15) is 16.7 Å². The van der Waals surface area contributed by atoms with Crippen molar-refractivity contribution >= 4 is 11.8 Å². The Balaban J connectivity index is 2.00. The van der Waals surface area contributed by atoms with Crippen LogP contribution < -0.4 is 20.4 Å². The van der Waals surface area contributed by atoms with E-state index in [1.165, 1.54) is 0 Å². The van der Waals surface area contributed by atoms with Crippen LogP contribution in [0.2, 0.25) is 0 Å².